The van der Waals surface area contributed by atoms with Gasteiger partial charge in [0.25, 0.3) is 0 Å². The predicted molar refractivity (Wildman–Crippen MR) is 44.9 cm³/mol. The van der Waals surface area contributed by atoms with Crippen LogP contribution in [0.2, 0.25) is 0 Å². The molecule has 1 unspecified atom stereocenters. The zero-order chi connectivity index (χ0) is 8.27. The van der Waals surface area contributed by atoms with Crippen LogP contribution in [-0.2, 0) is 0 Å². The maximum atomic E-state index is 8.73. The number of nitrogens with one attached hydrogen (secondary N) is 1. The van der Waals surface area contributed by atoms with Crippen LogP contribution in [-0.4, -0.2) is 23.8 Å². The number of hydrogen-bond donors (Lipinski definition) is 3. The molecule has 4 N–H and O–H groups in total. The van der Waals surface area contributed by atoms with Crippen molar-refractivity contribution in [2.45, 2.75) is 19.0 Å². The third-order valence-electron chi connectivity index (χ3n) is 1.72. The van der Waals surface area contributed by atoms with Gasteiger partial charge in [-0.05, 0) is 12.5 Å². The minimum atomic E-state index is -0.258. The summed E-state index contributed by atoms with van der Waals surface area (Å²) in [5, 5.41) is 11.8. The fraction of sp³-hybridized carbons (Fsp3) is 0.500. The molecular formula is C8H14N2O. The van der Waals surface area contributed by atoms with Gasteiger partial charge in [0.2, 0.25) is 0 Å². The summed E-state index contributed by atoms with van der Waals surface area (Å²) in [6.45, 7) is 2.04. The van der Waals surface area contributed by atoms with Crippen molar-refractivity contribution in [3.8, 4) is 0 Å². The summed E-state index contributed by atoms with van der Waals surface area (Å²) in [4.78, 5) is 0. The summed E-state index contributed by atoms with van der Waals surface area (Å²) < 4.78 is 0. The van der Waals surface area contributed by atoms with Gasteiger partial charge in [-0.15, -0.1) is 0 Å². The lowest BCUT2D eigenvalue weighted by molar-refractivity contribution is 0.280. The highest BCUT2D eigenvalue weighted by Crippen LogP contribution is 2.06. The Morgan fingerprint density at radius 2 is 2.55 bits per heavy atom. The van der Waals surface area contributed by atoms with Crippen molar-refractivity contribution in [1.29, 1.82) is 0 Å². The molecular weight excluding hydrogens is 140 g/mol. The zero-order valence-corrected chi connectivity index (χ0v) is 6.62. The van der Waals surface area contributed by atoms with Crippen LogP contribution in [0, 0.1) is 0 Å². The molecule has 1 aliphatic heterocycles. The Morgan fingerprint density at radius 3 is 3.00 bits per heavy atom. The lowest BCUT2D eigenvalue weighted by atomic mass is 10.1. The van der Waals surface area contributed by atoms with Crippen molar-refractivity contribution in [3.05, 3.63) is 23.9 Å². The third-order valence-corrected chi connectivity index (χ3v) is 1.72. The van der Waals surface area contributed by atoms with E-state index in [2.05, 4.69) is 5.32 Å². The molecule has 3 heteroatoms. The molecule has 1 heterocycles. The van der Waals surface area contributed by atoms with Crippen molar-refractivity contribution in [2.75, 3.05) is 6.61 Å². The SMILES string of the molecule is CC1C=CC([C@@H](N)CO)=CN1. The molecule has 0 saturated heterocycles. The molecule has 62 valence electrons. The van der Waals surface area contributed by atoms with Gasteiger partial charge in [0.05, 0.1) is 12.6 Å². The van der Waals surface area contributed by atoms with Crippen LogP contribution in [0.15, 0.2) is 23.9 Å². The van der Waals surface area contributed by atoms with Crippen molar-refractivity contribution in [3.63, 3.8) is 0 Å². The van der Waals surface area contributed by atoms with Crippen LogP contribution in [0.3, 0.4) is 0 Å². The first-order valence-electron chi connectivity index (χ1n) is 3.75. The van der Waals surface area contributed by atoms with Crippen molar-refractivity contribution < 1.29 is 5.11 Å². The summed E-state index contributed by atoms with van der Waals surface area (Å²) in [7, 11) is 0. The van der Waals surface area contributed by atoms with Gasteiger partial charge < -0.3 is 16.2 Å². The minimum Gasteiger partial charge on any atom is -0.394 e. The maximum absolute atomic E-state index is 8.73. The first-order valence-corrected chi connectivity index (χ1v) is 3.75. The molecule has 1 aliphatic rings. The second kappa shape index (κ2) is 3.55. The number of dihydropyridines is 1. The molecule has 0 fully saturated rings. The van der Waals surface area contributed by atoms with Crippen LogP contribution in [0.4, 0.5) is 0 Å². The fourth-order valence-corrected chi connectivity index (χ4v) is 0.923. The van der Waals surface area contributed by atoms with Gasteiger partial charge in [-0.25, -0.2) is 0 Å². The molecule has 1 rings (SSSR count). The molecule has 0 aromatic heterocycles. The summed E-state index contributed by atoms with van der Waals surface area (Å²) in [6.07, 6.45) is 5.82. The molecule has 3 nitrogen and oxygen atoms in total. The Balaban J connectivity index is 2.55. The van der Waals surface area contributed by atoms with Gasteiger partial charge in [0.15, 0.2) is 0 Å². The second-order valence-electron chi connectivity index (χ2n) is 2.75. The number of aliphatic hydroxyl groups is 1. The van der Waals surface area contributed by atoms with Crippen molar-refractivity contribution in [1.82, 2.24) is 5.32 Å². The smallest absolute Gasteiger partial charge is 0.0624 e. The third kappa shape index (κ3) is 2.06. The molecule has 11 heavy (non-hydrogen) atoms. The fourth-order valence-electron chi connectivity index (χ4n) is 0.923. The highest BCUT2D eigenvalue weighted by molar-refractivity contribution is 5.28. The lowest BCUT2D eigenvalue weighted by Crippen LogP contribution is -2.31. The van der Waals surface area contributed by atoms with E-state index in [1.54, 1.807) is 0 Å². The van der Waals surface area contributed by atoms with Gasteiger partial charge in [0.1, 0.15) is 0 Å². The van der Waals surface area contributed by atoms with E-state index in [4.69, 9.17) is 10.8 Å². The van der Waals surface area contributed by atoms with Crippen molar-refractivity contribution in [2.24, 2.45) is 5.73 Å². The first-order chi connectivity index (χ1) is 5.24. The highest BCUT2D eigenvalue weighted by atomic mass is 16.3. The van der Waals surface area contributed by atoms with Crippen molar-refractivity contribution >= 4 is 0 Å². The van der Waals surface area contributed by atoms with Gasteiger partial charge in [-0.3, -0.25) is 0 Å². The average Bonchev–Trinajstić information content (AvgIpc) is 2.05. The Kier molecular flexibility index (Phi) is 2.68. The Morgan fingerprint density at radius 1 is 1.82 bits per heavy atom. The normalized spacial score (nSPS) is 25.7. The predicted octanol–water partition coefficient (Wildman–Crippen LogP) is -0.262. The van der Waals surface area contributed by atoms with E-state index < -0.39 is 0 Å². The zero-order valence-electron chi connectivity index (χ0n) is 6.62. The largest absolute Gasteiger partial charge is 0.394 e. The van der Waals surface area contributed by atoms with Gasteiger partial charge in [-0.2, -0.15) is 0 Å². The first kappa shape index (κ1) is 8.30. The van der Waals surface area contributed by atoms with E-state index >= 15 is 0 Å². The monoisotopic (exact) mass is 154 g/mol. The molecule has 0 aliphatic carbocycles. The molecule has 2 atom stereocenters. The Bertz CT molecular complexity index is 187. The second-order valence-corrected chi connectivity index (χ2v) is 2.75. The summed E-state index contributed by atoms with van der Waals surface area (Å²) >= 11 is 0. The van der Waals surface area contributed by atoms with Gasteiger partial charge in [-0.1, -0.05) is 12.2 Å². The van der Waals surface area contributed by atoms with Crippen LogP contribution in [0.5, 0.6) is 0 Å². The Labute approximate surface area is 66.6 Å². The number of nitrogens with two attached hydrogens (primary N) is 1. The van der Waals surface area contributed by atoms with Crippen LogP contribution >= 0.6 is 0 Å². The summed E-state index contributed by atoms with van der Waals surface area (Å²) in [5.41, 5.74) is 6.53. The van der Waals surface area contributed by atoms with Crippen LogP contribution < -0.4 is 11.1 Å². The van der Waals surface area contributed by atoms with E-state index in [1.165, 1.54) is 0 Å². The Hall–Kier alpha value is -0.800. The van der Waals surface area contributed by atoms with E-state index in [0.29, 0.717) is 6.04 Å². The van der Waals surface area contributed by atoms with E-state index in [-0.39, 0.29) is 12.6 Å². The molecule has 0 aromatic carbocycles. The van der Waals surface area contributed by atoms with E-state index in [1.807, 2.05) is 25.3 Å². The quantitative estimate of drug-likeness (QED) is 0.513. The van der Waals surface area contributed by atoms with E-state index in [0.717, 1.165) is 5.57 Å². The molecule has 0 saturated carbocycles. The summed E-state index contributed by atoms with van der Waals surface area (Å²) in [5.74, 6) is 0. The lowest BCUT2D eigenvalue weighted by Gasteiger charge is -2.17. The molecule has 0 radical (unpaired) electrons. The van der Waals surface area contributed by atoms with Gasteiger partial charge in [0, 0.05) is 12.2 Å². The molecule has 0 bridgehead atoms. The van der Waals surface area contributed by atoms with E-state index in [9.17, 15) is 0 Å². The summed E-state index contributed by atoms with van der Waals surface area (Å²) in [6, 6.07) is 0.107. The van der Waals surface area contributed by atoms with Gasteiger partial charge >= 0.3 is 0 Å². The van der Waals surface area contributed by atoms with Crippen LogP contribution in [0.25, 0.3) is 0 Å². The molecule has 0 spiro atoms. The maximum Gasteiger partial charge on any atom is 0.0624 e. The molecule has 0 amide bonds. The number of hydrogen-bond acceptors (Lipinski definition) is 3. The standard InChI is InChI=1S/C8H14N2O/c1-6-2-3-7(4-10-6)8(9)5-11/h2-4,6,8,10-11H,5,9H2,1H3/t6?,8-/m0/s1. The molecule has 0 aromatic rings. The number of rotatable bonds is 2. The van der Waals surface area contributed by atoms with Crippen LogP contribution in [0.1, 0.15) is 6.92 Å². The number of aliphatic hydroxyl groups excluding tert-OH is 1. The highest BCUT2D eigenvalue weighted by Gasteiger charge is 2.08. The topological polar surface area (TPSA) is 58.3 Å². The minimum absolute atomic E-state index is 0.00770. The average molecular weight is 154 g/mol.